The van der Waals surface area contributed by atoms with Crippen LogP contribution in [0.4, 0.5) is 0 Å². The van der Waals surface area contributed by atoms with Gasteiger partial charge in [0, 0.05) is 52.7 Å². The summed E-state index contributed by atoms with van der Waals surface area (Å²) in [6.45, 7) is 9.36. The van der Waals surface area contributed by atoms with E-state index in [-0.39, 0.29) is 0 Å². The van der Waals surface area contributed by atoms with Crippen LogP contribution in [-0.2, 0) is 18.9 Å². The summed E-state index contributed by atoms with van der Waals surface area (Å²) >= 11 is 0. The molecule has 0 bridgehead atoms. The van der Waals surface area contributed by atoms with Crippen LogP contribution in [0.1, 0.15) is 45.4 Å². The van der Waals surface area contributed by atoms with Gasteiger partial charge in [0.2, 0.25) is 0 Å². The molecule has 0 aromatic rings. The van der Waals surface area contributed by atoms with Gasteiger partial charge in [0.1, 0.15) is 0 Å². The molecule has 0 aliphatic carbocycles. The molecule has 152 valence electrons. The van der Waals surface area contributed by atoms with Crippen molar-refractivity contribution in [2.45, 2.75) is 57.7 Å². The SMILES string of the molecule is CCNC(=NCCCOCC1CCCO1)NCCCOC1CCOCC1. The molecule has 0 aromatic heterocycles. The average molecular weight is 372 g/mol. The minimum absolute atomic E-state index is 0.306. The van der Waals surface area contributed by atoms with Gasteiger partial charge < -0.3 is 29.6 Å². The topological polar surface area (TPSA) is 73.3 Å². The van der Waals surface area contributed by atoms with Crippen LogP contribution in [-0.4, -0.2) is 77.4 Å². The Morgan fingerprint density at radius 2 is 1.96 bits per heavy atom. The molecular formula is C19H37N3O4. The van der Waals surface area contributed by atoms with Gasteiger partial charge in [0.15, 0.2) is 5.96 Å². The summed E-state index contributed by atoms with van der Waals surface area (Å²) in [6, 6.07) is 0. The zero-order chi connectivity index (χ0) is 18.3. The van der Waals surface area contributed by atoms with Crippen molar-refractivity contribution in [1.82, 2.24) is 10.6 Å². The van der Waals surface area contributed by atoms with Gasteiger partial charge >= 0.3 is 0 Å². The minimum Gasteiger partial charge on any atom is -0.381 e. The maximum Gasteiger partial charge on any atom is 0.191 e. The lowest BCUT2D eigenvalue weighted by Gasteiger charge is -2.22. The van der Waals surface area contributed by atoms with Crippen LogP contribution in [0.25, 0.3) is 0 Å². The van der Waals surface area contributed by atoms with Gasteiger partial charge in [-0.1, -0.05) is 0 Å². The number of hydrogen-bond acceptors (Lipinski definition) is 5. The van der Waals surface area contributed by atoms with Crippen molar-refractivity contribution in [3.05, 3.63) is 0 Å². The summed E-state index contributed by atoms with van der Waals surface area (Å²) in [5.41, 5.74) is 0. The van der Waals surface area contributed by atoms with E-state index in [2.05, 4.69) is 22.5 Å². The van der Waals surface area contributed by atoms with E-state index in [4.69, 9.17) is 18.9 Å². The summed E-state index contributed by atoms with van der Waals surface area (Å²) in [5, 5.41) is 6.65. The molecule has 1 atom stereocenters. The molecule has 0 saturated carbocycles. The van der Waals surface area contributed by atoms with Crippen molar-refractivity contribution in [2.75, 3.05) is 59.3 Å². The summed E-state index contributed by atoms with van der Waals surface area (Å²) < 4.78 is 22.4. The van der Waals surface area contributed by atoms with Crippen molar-refractivity contribution < 1.29 is 18.9 Å². The van der Waals surface area contributed by atoms with Crippen molar-refractivity contribution in [3.63, 3.8) is 0 Å². The predicted molar refractivity (Wildman–Crippen MR) is 103 cm³/mol. The molecule has 2 saturated heterocycles. The van der Waals surface area contributed by atoms with Crippen LogP contribution in [0.3, 0.4) is 0 Å². The fourth-order valence-corrected chi connectivity index (χ4v) is 3.06. The van der Waals surface area contributed by atoms with E-state index < -0.39 is 0 Å². The van der Waals surface area contributed by atoms with Crippen molar-refractivity contribution in [2.24, 2.45) is 4.99 Å². The molecule has 0 radical (unpaired) electrons. The number of ether oxygens (including phenoxy) is 4. The van der Waals surface area contributed by atoms with E-state index in [1.807, 2.05) is 0 Å². The second-order valence-electron chi connectivity index (χ2n) is 6.79. The Bertz CT molecular complexity index is 370. The zero-order valence-corrected chi connectivity index (χ0v) is 16.3. The first kappa shape index (κ1) is 21.4. The Labute approximate surface area is 158 Å². The number of nitrogens with one attached hydrogen (secondary N) is 2. The monoisotopic (exact) mass is 371 g/mol. The molecule has 26 heavy (non-hydrogen) atoms. The molecule has 0 aromatic carbocycles. The van der Waals surface area contributed by atoms with Crippen LogP contribution >= 0.6 is 0 Å². The minimum atomic E-state index is 0.306. The Morgan fingerprint density at radius 3 is 2.73 bits per heavy atom. The lowest BCUT2D eigenvalue weighted by molar-refractivity contribution is -0.0320. The first-order chi connectivity index (χ1) is 12.9. The molecule has 7 heteroatoms. The van der Waals surface area contributed by atoms with Gasteiger partial charge in [0.25, 0.3) is 0 Å². The lowest BCUT2D eigenvalue weighted by Crippen LogP contribution is -2.38. The predicted octanol–water partition coefficient (Wildman–Crippen LogP) is 1.71. The molecule has 0 spiro atoms. The zero-order valence-electron chi connectivity index (χ0n) is 16.3. The Balaban J connectivity index is 1.47. The van der Waals surface area contributed by atoms with E-state index in [9.17, 15) is 0 Å². The normalized spacial score (nSPS) is 21.9. The third-order valence-electron chi connectivity index (χ3n) is 4.52. The third-order valence-corrected chi connectivity index (χ3v) is 4.52. The molecule has 0 amide bonds. The number of rotatable bonds is 12. The van der Waals surface area contributed by atoms with E-state index in [1.54, 1.807) is 0 Å². The van der Waals surface area contributed by atoms with Gasteiger partial charge in [0.05, 0.1) is 18.8 Å². The largest absolute Gasteiger partial charge is 0.381 e. The highest BCUT2D eigenvalue weighted by Gasteiger charge is 2.15. The van der Waals surface area contributed by atoms with Crippen molar-refractivity contribution in [1.29, 1.82) is 0 Å². The second-order valence-corrected chi connectivity index (χ2v) is 6.79. The van der Waals surface area contributed by atoms with Gasteiger partial charge in [-0.05, 0) is 45.4 Å². The fourth-order valence-electron chi connectivity index (χ4n) is 3.06. The molecular weight excluding hydrogens is 334 g/mol. The maximum atomic E-state index is 5.89. The van der Waals surface area contributed by atoms with Crippen LogP contribution in [0.5, 0.6) is 0 Å². The summed E-state index contributed by atoms with van der Waals surface area (Å²) in [6.07, 6.45) is 6.92. The highest BCUT2D eigenvalue weighted by molar-refractivity contribution is 5.79. The number of nitrogens with zero attached hydrogens (tertiary/aromatic N) is 1. The van der Waals surface area contributed by atoms with Crippen molar-refractivity contribution in [3.8, 4) is 0 Å². The van der Waals surface area contributed by atoms with Gasteiger partial charge in [-0.15, -0.1) is 0 Å². The second kappa shape index (κ2) is 14.2. The van der Waals surface area contributed by atoms with Gasteiger partial charge in [-0.3, -0.25) is 4.99 Å². The molecule has 2 aliphatic heterocycles. The van der Waals surface area contributed by atoms with Crippen LogP contribution in [0.15, 0.2) is 4.99 Å². The van der Waals surface area contributed by atoms with Crippen LogP contribution in [0, 0.1) is 0 Å². The standard InChI is InChI=1S/C19H37N3O4/c1-2-20-19(21-9-4-11-24-16-18-6-3-12-26-18)22-10-5-13-25-17-7-14-23-15-8-17/h17-18H,2-16H2,1H3,(H2,20,21,22). The van der Waals surface area contributed by atoms with E-state index in [0.717, 1.165) is 104 Å². The van der Waals surface area contributed by atoms with Crippen LogP contribution in [0.2, 0.25) is 0 Å². The van der Waals surface area contributed by atoms with E-state index in [0.29, 0.717) is 12.2 Å². The Hall–Kier alpha value is -0.890. The van der Waals surface area contributed by atoms with E-state index >= 15 is 0 Å². The molecule has 2 heterocycles. The highest BCUT2D eigenvalue weighted by atomic mass is 16.5. The maximum absolute atomic E-state index is 5.89. The average Bonchev–Trinajstić information content (AvgIpc) is 3.18. The summed E-state index contributed by atoms with van der Waals surface area (Å²) in [4.78, 5) is 4.60. The van der Waals surface area contributed by atoms with Crippen LogP contribution < -0.4 is 10.6 Å². The first-order valence-corrected chi connectivity index (χ1v) is 10.3. The fraction of sp³-hybridized carbons (Fsp3) is 0.947. The highest BCUT2D eigenvalue weighted by Crippen LogP contribution is 2.12. The third kappa shape index (κ3) is 9.71. The smallest absolute Gasteiger partial charge is 0.191 e. The first-order valence-electron chi connectivity index (χ1n) is 10.3. The summed E-state index contributed by atoms with van der Waals surface area (Å²) in [7, 11) is 0. The van der Waals surface area contributed by atoms with E-state index in [1.165, 1.54) is 0 Å². The molecule has 2 rings (SSSR count). The van der Waals surface area contributed by atoms with Crippen molar-refractivity contribution >= 4 is 5.96 Å². The number of aliphatic imine (C=N–C) groups is 1. The Morgan fingerprint density at radius 1 is 1.08 bits per heavy atom. The van der Waals surface area contributed by atoms with Gasteiger partial charge in [-0.25, -0.2) is 0 Å². The molecule has 2 aliphatic rings. The Kier molecular flexibility index (Phi) is 11.7. The molecule has 1 unspecified atom stereocenters. The lowest BCUT2D eigenvalue weighted by atomic mass is 10.1. The molecule has 7 nitrogen and oxygen atoms in total. The molecule has 2 fully saturated rings. The summed E-state index contributed by atoms with van der Waals surface area (Å²) in [5.74, 6) is 0.873. The molecule has 2 N–H and O–H groups in total. The van der Waals surface area contributed by atoms with Gasteiger partial charge in [-0.2, -0.15) is 0 Å². The number of hydrogen-bond donors (Lipinski definition) is 2. The quantitative estimate of drug-likeness (QED) is 0.309. The number of guanidine groups is 1.